The molecule has 0 aliphatic carbocycles. The van der Waals surface area contributed by atoms with Crippen LogP contribution in [0.5, 0.6) is 0 Å². The van der Waals surface area contributed by atoms with Crippen LogP contribution in [-0.4, -0.2) is 27.5 Å². The van der Waals surface area contributed by atoms with E-state index in [-0.39, 0.29) is 5.97 Å². The van der Waals surface area contributed by atoms with Crippen LogP contribution in [0.4, 0.5) is 0 Å². The quantitative estimate of drug-likeness (QED) is 0.429. The van der Waals surface area contributed by atoms with Crippen LogP contribution < -0.4 is 0 Å². The van der Waals surface area contributed by atoms with Crippen LogP contribution in [0.1, 0.15) is 26.7 Å². The van der Waals surface area contributed by atoms with Crippen molar-refractivity contribution in [3.8, 4) is 0 Å². The fourth-order valence-corrected chi connectivity index (χ4v) is 3.04. The molecular weight excluding hydrogens is 247 g/mol. The average Bonchev–Trinajstić information content (AvgIpc) is 1.97. The van der Waals surface area contributed by atoms with Gasteiger partial charge in [0.15, 0.2) is 0 Å². The van der Waals surface area contributed by atoms with Gasteiger partial charge < -0.3 is 0 Å². The molecule has 0 N–H and O–H groups in total. The Balaban J connectivity index is 3.25. The number of carbonyl (C=O) groups is 1. The van der Waals surface area contributed by atoms with E-state index < -0.39 is 21.6 Å². The van der Waals surface area contributed by atoms with E-state index in [9.17, 15) is 4.79 Å². The Hall–Kier alpha value is 0.00870. The molecule has 2 nitrogen and oxygen atoms in total. The van der Waals surface area contributed by atoms with Crippen LogP contribution in [0.15, 0.2) is 12.2 Å². The van der Waals surface area contributed by atoms with Crippen molar-refractivity contribution in [2.75, 3.05) is 0 Å². The third-order valence-corrected chi connectivity index (χ3v) is 3.68. The van der Waals surface area contributed by atoms with Gasteiger partial charge in [0.25, 0.3) is 0 Å². The Morgan fingerprint density at radius 1 is 1.64 bits per heavy atom. The number of unbranched alkanes of at least 4 members (excludes halogenated alkanes) is 1. The molecule has 3 heteroatoms. The second-order valence-corrected chi connectivity index (χ2v) is 5.25. The molecular formula is C8H14O2Sn. The molecule has 0 aliphatic rings. The summed E-state index contributed by atoms with van der Waals surface area (Å²) < 4.78 is 6.16. The van der Waals surface area contributed by atoms with Crippen molar-refractivity contribution in [2.24, 2.45) is 0 Å². The summed E-state index contributed by atoms with van der Waals surface area (Å²) in [5, 5.41) is 0. The van der Waals surface area contributed by atoms with Gasteiger partial charge in [0.1, 0.15) is 0 Å². The summed E-state index contributed by atoms with van der Waals surface area (Å²) in [5.41, 5.74) is 0.516. The molecule has 0 atom stereocenters. The summed E-state index contributed by atoms with van der Waals surface area (Å²) >= 11 is -0.853. The van der Waals surface area contributed by atoms with Crippen LogP contribution in [-0.2, 0) is 7.87 Å². The first-order valence-corrected chi connectivity index (χ1v) is 6.96. The summed E-state index contributed by atoms with van der Waals surface area (Å²) in [7, 11) is 0. The molecule has 0 fully saturated rings. The van der Waals surface area contributed by atoms with Crippen LogP contribution in [0.2, 0.25) is 4.44 Å². The number of rotatable bonds is 5. The Kier molecular flexibility index (Phi) is 6.71. The molecule has 0 aromatic heterocycles. The van der Waals surface area contributed by atoms with Crippen molar-refractivity contribution in [3.63, 3.8) is 0 Å². The molecule has 0 unspecified atom stereocenters. The normalized spacial score (nSPS) is 9.27. The van der Waals surface area contributed by atoms with Gasteiger partial charge in [0, 0.05) is 0 Å². The molecule has 0 spiro atoms. The topological polar surface area (TPSA) is 26.3 Å². The molecule has 0 heterocycles. The van der Waals surface area contributed by atoms with Gasteiger partial charge in [-0.1, -0.05) is 0 Å². The molecule has 0 bridgehead atoms. The predicted molar refractivity (Wildman–Crippen MR) is 46.4 cm³/mol. The maximum absolute atomic E-state index is 10.8. The van der Waals surface area contributed by atoms with E-state index in [4.69, 9.17) is 3.07 Å². The van der Waals surface area contributed by atoms with Crippen LogP contribution >= 0.6 is 0 Å². The first-order chi connectivity index (χ1) is 5.18. The van der Waals surface area contributed by atoms with Crippen molar-refractivity contribution in [3.05, 3.63) is 12.2 Å². The third-order valence-electron chi connectivity index (χ3n) is 1.15. The molecule has 0 saturated heterocycles. The zero-order chi connectivity index (χ0) is 8.69. The summed E-state index contributed by atoms with van der Waals surface area (Å²) in [6.45, 7) is 7.33. The minimum absolute atomic E-state index is 0.201. The zero-order valence-corrected chi connectivity index (χ0v) is 10.00. The third kappa shape index (κ3) is 6.41. The SMILES string of the molecule is C=C(C)C(=O)[O][Sn][CH2]CCC. The zero-order valence-electron chi connectivity index (χ0n) is 7.14. The summed E-state index contributed by atoms with van der Waals surface area (Å²) in [5.74, 6) is -0.201. The van der Waals surface area contributed by atoms with Gasteiger partial charge in [0.05, 0.1) is 0 Å². The van der Waals surface area contributed by atoms with Crippen LogP contribution in [0.3, 0.4) is 0 Å². The molecule has 0 aliphatic heterocycles. The molecule has 2 radical (unpaired) electrons. The molecule has 0 aromatic rings. The fourth-order valence-electron chi connectivity index (χ4n) is 0.453. The van der Waals surface area contributed by atoms with Crippen molar-refractivity contribution >= 4 is 27.5 Å². The molecule has 11 heavy (non-hydrogen) atoms. The van der Waals surface area contributed by atoms with Gasteiger partial charge >= 0.3 is 78.7 Å². The van der Waals surface area contributed by atoms with Gasteiger partial charge in [-0.15, -0.1) is 0 Å². The van der Waals surface area contributed by atoms with Crippen molar-refractivity contribution in [1.82, 2.24) is 0 Å². The maximum atomic E-state index is 10.8. The molecule has 0 amide bonds. The van der Waals surface area contributed by atoms with Crippen molar-refractivity contribution < 1.29 is 7.87 Å². The fraction of sp³-hybridized carbons (Fsp3) is 0.625. The standard InChI is InChI=1S/C4H6O2.C4H9.Sn/c1-3(2)4(5)6;1-3-4-2;/h1H2,2H3,(H,5,6);1,3-4H2,2H3;/q;;+1/p-1. The predicted octanol–water partition coefficient (Wildman–Crippen LogP) is 1.94. The van der Waals surface area contributed by atoms with E-state index in [1.54, 1.807) is 6.92 Å². The molecule has 62 valence electrons. The van der Waals surface area contributed by atoms with Crippen LogP contribution in [0, 0.1) is 0 Å². The van der Waals surface area contributed by atoms with E-state index in [2.05, 4.69) is 13.5 Å². The summed E-state index contributed by atoms with van der Waals surface area (Å²) in [6.07, 6.45) is 2.38. The first kappa shape index (κ1) is 11.0. The Morgan fingerprint density at radius 3 is 2.73 bits per heavy atom. The second kappa shape index (κ2) is 6.70. The molecule has 0 aromatic carbocycles. The van der Waals surface area contributed by atoms with E-state index >= 15 is 0 Å². The van der Waals surface area contributed by atoms with Crippen LogP contribution in [0.25, 0.3) is 0 Å². The van der Waals surface area contributed by atoms with Crippen molar-refractivity contribution in [1.29, 1.82) is 0 Å². The average molecular weight is 261 g/mol. The number of hydrogen-bond donors (Lipinski definition) is 0. The minimum atomic E-state index is -0.853. The summed E-state index contributed by atoms with van der Waals surface area (Å²) in [4.78, 5) is 10.8. The second-order valence-electron chi connectivity index (χ2n) is 2.42. The molecule has 0 rings (SSSR count). The van der Waals surface area contributed by atoms with E-state index in [1.165, 1.54) is 12.8 Å². The van der Waals surface area contributed by atoms with E-state index in [0.717, 1.165) is 4.44 Å². The van der Waals surface area contributed by atoms with Gasteiger partial charge in [0.2, 0.25) is 0 Å². The van der Waals surface area contributed by atoms with Gasteiger partial charge in [-0.25, -0.2) is 0 Å². The first-order valence-electron chi connectivity index (χ1n) is 3.78. The molecule has 0 saturated carbocycles. The van der Waals surface area contributed by atoms with E-state index in [0.29, 0.717) is 5.57 Å². The van der Waals surface area contributed by atoms with Crippen molar-refractivity contribution in [2.45, 2.75) is 31.1 Å². The number of carbonyl (C=O) groups excluding carboxylic acids is 1. The number of hydrogen-bond acceptors (Lipinski definition) is 2. The van der Waals surface area contributed by atoms with E-state index in [1.807, 2.05) is 0 Å². The van der Waals surface area contributed by atoms with Gasteiger partial charge in [-0.2, -0.15) is 0 Å². The Morgan fingerprint density at radius 2 is 2.27 bits per heavy atom. The van der Waals surface area contributed by atoms with Gasteiger partial charge in [-0.3, -0.25) is 0 Å². The summed E-state index contributed by atoms with van der Waals surface area (Å²) in [6, 6.07) is 0. The monoisotopic (exact) mass is 262 g/mol. The Bertz CT molecular complexity index is 143. The van der Waals surface area contributed by atoms with Gasteiger partial charge in [-0.05, 0) is 0 Å². The Labute approximate surface area is 78.8 Å².